The SMILES string of the molecule is CCC(C)N(C)c1cccc(Nc2cc3nc(-c4cccc(C(=O)N5CCCC5)c4)sc3cn2)n1. The topological polar surface area (TPSA) is 74.2 Å². The summed E-state index contributed by atoms with van der Waals surface area (Å²) < 4.78 is 1.00. The summed E-state index contributed by atoms with van der Waals surface area (Å²) in [6, 6.07) is 16.1. The van der Waals surface area contributed by atoms with E-state index >= 15 is 0 Å². The van der Waals surface area contributed by atoms with E-state index in [1.807, 2.05) is 59.6 Å². The predicted octanol–water partition coefficient (Wildman–Crippen LogP) is 5.97. The summed E-state index contributed by atoms with van der Waals surface area (Å²) in [4.78, 5) is 31.1. The van der Waals surface area contributed by atoms with Gasteiger partial charge in [-0.2, -0.15) is 0 Å². The Bertz CT molecular complexity index is 1350. The van der Waals surface area contributed by atoms with Crippen molar-refractivity contribution < 1.29 is 4.79 Å². The lowest BCUT2D eigenvalue weighted by atomic mass is 10.1. The Labute approximate surface area is 209 Å². The maximum Gasteiger partial charge on any atom is 0.253 e. The molecule has 5 rings (SSSR count). The molecule has 1 aliphatic heterocycles. The number of aromatic nitrogens is 3. The minimum Gasteiger partial charge on any atom is -0.357 e. The molecule has 3 aromatic heterocycles. The van der Waals surface area contributed by atoms with Gasteiger partial charge in [-0.1, -0.05) is 25.1 Å². The zero-order chi connectivity index (χ0) is 24.4. The van der Waals surface area contributed by atoms with Crippen LogP contribution in [0.3, 0.4) is 0 Å². The van der Waals surface area contributed by atoms with Gasteiger partial charge in [-0.25, -0.2) is 15.0 Å². The molecule has 1 N–H and O–H groups in total. The summed E-state index contributed by atoms with van der Waals surface area (Å²) in [6.45, 7) is 6.05. The van der Waals surface area contributed by atoms with Crippen LogP contribution in [0.15, 0.2) is 54.7 Å². The minimum atomic E-state index is 0.104. The number of anilines is 3. The number of nitrogens with one attached hydrogen (secondary N) is 1. The summed E-state index contributed by atoms with van der Waals surface area (Å²) >= 11 is 1.58. The third-order valence-corrected chi connectivity index (χ3v) is 7.68. The molecule has 7 nitrogen and oxygen atoms in total. The molecule has 180 valence electrons. The van der Waals surface area contributed by atoms with Gasteiger partial charge >= 0.3 is 0 Å². The molecule has 4 heterocycles. The van der Waals surface area contributed by atoms with Crippen LogP contribution in [0.2, 0.25) is 0 Å². The normalized spacial score (nSPS) is 14.3. The molecule has 0 aliphatic carbocycles. The Morgan fingerprint density at radius 1 is 1.11 bits per heavy atom. The maximum absolute atomic E-state index is 12.8. The number of amides is 1. The van der Waals surface area contributed by atoms with Gasteiger partial charge in [-0.3, -0.25) is 4.79 Å². The van der Waals surface area contributed by atoms with E-state index in [4.69, 9.17) is 9.97 Å². The van der Waals surface area contributed by atoms with Gasteiger partial charge in [0.05, 0.1) is 10.2 Å². The molecule has 35 heavy (non-hydrogen) atoms. The van der Waals surface area contributed by atoms with E-state index in [9.17, 15) is 4.79 Å². The van der Waals surface area contributed by atoms with Gasteiger partial charge < -0.3 is 15.1 Å². The molecule has 8 heteroatoms. The van der Waals surface area contributed by atoms with E-state index in [0.717, 1.165) is 70.3 Å². The first-order valence-corrected chi connectivity index (χ1v) is 13.0. The third kappa shape index (κ3) is 4.98. The van der Waals surface area contributed by atoms with Gasteiger partial charge in [0, 0.05) is 49.6 Å². The van der Waals surface area contributed by atoms with Gasteiger partial charge in [-0.05, 0) is 50.5 Å². The zero-order valence-electron chi connectivity index (χ0n) is 20.4. The van der Waals surface area contributed by atoms with Crippen molar-refractivity contribution in [2.45, 2.75) is 39.2 Å². The van der Waals surface area contributed by atoms with Crippen molar-refractivity contribution >= 4 is 44.9 Å². The van der Waals surface area contributed by atoms with Crippen LogP contribution < -0.4 is 10.2 Å². The molecule has 0 radical (unpaired) electrons. The number of hydrogen-bond acceptors (Lipinski definition) is 7. The first kappa shape index (κ1) is 23.2. The van der Waals surface area contributed by atoms with Gasteiger partial charge in [0.1, 0.15) is 22.5 Å². The Morgan fingerprint density at radius 2 is 1.91 bits per heavy atom. The van der Waals surface area contributed by atoms with Gasteiger partial charge in [-0.15, -0.1) is 11.3 Å². The fourth-order valence-corrected chi connectivity index (χ4v) is 5.15. The van der Waals surface area contributed by atoms with E-state index in [2.05, 4.69) is 36.1 Å². The second-order valence-electron chi connectivity index (χ2n) is 9.01. The number of likely N-dealkylation sites (tertiary alicyclic amines) is 1. The van der Waals surface area contributed by atoms with Crippen molar-refractivity contribution in [3.63, 3.8) is 0 Å². The van der Waals surface area contributed by atoms with Crippen molar-refractivity contribution in [2.24, 2.45) is 0 Å². The molecule has 1 fully saturated rings. The molecule has 1 aromatic carbocycles. The molecule has 1 amide bonds. The predicted molar refractivity (Wildman–Crippen MR) is 144 cm³/mol. The maximum atomic E-state index is 12.8. The summed E-state index contributed by atoms with van der Waals surface area (Å²) in [5.74, 6) is 2.47. The summed E-state index contributed by atoms with van der Waals surface area (Å²) in [7, 11) is 2.06. The van der Waals surface area contributed by atoms with E-state index in [-0.39, 0.29) is 5.91 Å². The van der Waals surface area contributed by atoms with Crippen LogP contribution in [-0.2, 0) is 0 Å². The lowest BCUT2D eigenvalue weighted by Crippen LogP contribution is -2.28. The van der Waals surface area contributed by atoms with E-state index in [1.165, 1.54) is 0 Å². The molecule has 1 unspecified atom stereocenters. The molecule has 1 atom stereocenters. The molecule has 4 aromatic rings. The molecule has 0 spiro atoms. The number of hydrogen-bond donors (Lipinski definition) is 1. The fourth-order valence-electron chi connectivity index (χ4n) is 4.23. The van der Waals surface area contributed by atoms with Crippen molar-refractivity contribution in [3.8, 4) is 10.6 Å². The van der Waals surface area contributed by atoms with Crippen LogP contribution >= 0.6 is 11.3 Å². The van der Waals surface area contributed by atoms with Crippen molar-refractivity contribution in [3.05, 3.63) is 60.3 Å². The number of pyridine rings is 2. The minimum absolute atomic E-state index is 0.104. The Morgan fingerprint density at radius 3 is 2.71 bits per heavy atom. The number of fused-ring (bicyclic) bond motifs is 1. The second-order valence-corrected chi connectivity index (χ2v) is 10.0. The highest BCUT2D eigenvalue weighted by atomic mass is 32.1. The molecular weight excluding hydrogens is 456 g/mol. The van der Waals surface area contributed by atoms with Gasteiger partial charge in [0.2, 0.25) is 0 Å². The Balaban J connectivity index is 1.37. The van der Waals surface area contributed by atoms with Crippen LogP contribution in [0, 0.1) is 0 Å². The number of carbonyl (C=O) groups excluding carboxylic acids is 1. The molecule has 1 saturated heterocycles. The average molecular weight is 487 g/mol. The van der Waals surface area contributed by atoms with Crippen LogP contribution in [0.4, 0.5) is 17.5 Å². The number of carbonyl (C=O) groups is 1. The monoisotopic (exact) mass is 486 g/mol. The van der Waals surface area contributed by atoms with E-state index in [0.29, 0.717) is 11.9 Å². The fraction of sp³-hybridized carbons (Fsp3) is 0.333. The largest absolute Gasteiger partial charge is 0.357 e. The Kier molecular flexibility index (Phi) is 6.63. The molecule has 0 saturated carbocycles. The average Bonchev–Trinajstić information content (AvgIpc) is 3.58. The lowest BCUT2D eigenvalue weighted by molar-refractivity contribution is 0.0793. The summed E-state index contributed by atoms with van der Waals surface area (Å²) in [5, 5.41) is 4.20. The van der Waals surface area contributed by atoms with Crippen LogP contribution in [0.25, 0.3) is 20.8 Å². The number of rotatable bonds is 7. The summed E-state index contributed by atoms with van der Waals surface area (Å²) in [5.41, 5.74) is 2.54. The van der Waals surface area contributed by atoms with Crippen LogP contribution in [0.5, 0.6) is 0 Å². The lowest BCUT2D eigenvalue weighted by Gasteiger charge is -2.25. The van der Waals surface area contributed by atoms with E-state index < -0.39 is 0 Å². The standard InChI is InChI=1S/C27H30N6OS/c1-4-18(2)32(3)25-12-8-11-23(31-25)30-24-16-21-22(17-28-24)35-26(29-21)19-9-7-10-20(15-19)27(34)33-13-5-6-14-33/h7-12,15-18H,4-6,13-14H2,1-3H3,(H,28,30,31). The molecular formula is C27H30N6OS. The molecule has 0 bridgehead atoms. The van der Waals surface area contributed by atoms with Crippen LogP contribution in [0.1, 0.15) is 43.5 Å². The highest BCUT2D eigenvalue weighted by Gasteiger charge is 2.20. The van der Waals surface area contributed by atoms with Crippen molar-refractivity contribution in [1.29, 1.82) is 0 Å². The van der Waals surface area contributed by atoms with Crippen molar-refractivity contribution in [1.82, 2.24) is 19.9 Å². The Hall–Kier alpha value is -3.52. The van der Waals surface area contributed by atoms with Gasteiger partial charge in [0.15, 0.2) is 0 Å². The van der Waals surface area contributed by atoms with Gasteiger partial charge in [0.25, 0.3) is 5.91 Å². The number of thiazole rings is 1. The quantitative estimate of drug-likeness (QED) is 0.347. The first-order valence-electron chi connectivity index (χ1n) is 12.1. The number of benzene rings is 1. The third-order valence-electron chi connectivity index (χ3n) is 6.63. The highest BCUT2D eigenvalue weighted by Crippen LogP contribution is 2.32. The molecule has 1 aliphatic rings. The number of nitrogens with zero attached hydrogens (tertiary/aromatic N) is 5. The van der Waals surface area contributed by atoms with Crippen molar-refractivity contribution in [2.75, 3.05) is 30.4 Å². The highest BCUT2D eigenvalue weighted by molar-refractivity contribution is 7.21. The first-order chi connectivity index (χ1) is 17.0. The van der Waals surface area contributed by atoms with E-state index in [1.54, 1.807) is 11.3 Å². The zero-order valence-corrected chi connectivity index (χ0v) is 21.2. The van der Waals surface area contributed by atoms with Crippen LogP contribution in [-0.4, -0.2) is 51.9 Å². The summed E-state index contributed by atoms with van der Waals surface area (Å²) in [6.07, 6.45) is 5.06. The smallest absolute Gasteiger partial charge is 0.253 e. The second kappa shape index (κ2) is 10.00.